The molecule has 0 aliphatic rings. The van der Waals surface area contributed by atoms with Crippen molar-refractivity contribution in [2.24, 2.45) is 5.73 Å². The van der Waals surface area contributed by atoms with E-state index in [1.165, 1.54) is 28.8 Å². The Morgan fingerprint density at radius 2 is 1.67 bits per heavy atom. The third kappa shape index (κ3) is 2.77. The molecule has 0 aromatic heterocycles. The number of hydrogen-bond donors (Lipinski definition) is 1. The van der Waals surface area contributed by atoms with Crippen molar-refractivity contribution in [1.29, 1.82) is 0 Å². The molecule has 0 aliphatic carbocycles. The van der Waals surface area contributed by atoms with Crippen LogP contribution in [0.4, 0.5) is 4.39 Å². The van der Waals surface area contributed by atoms with Gasteiger partial charge in [0.2, 0.25) is 0 Å². The number of hydrogen-bond acceptors (Lipinski definition) is 1. The Labute approximate surface area is 107 Å². The van der Waals surface area contributed by atoms with Gasteiger partial charge in [-0.1, -0.05) is 30.3 Å². The summed E-state index contributed by atoms with van der Waals surface area (Å²) in [7, 11) is 0. The van der Waals surface area contributed by atoms with Gasteiger partial charge in [-0.25, -0.2) is 4.39 Å². The molecule has 94 valence electrons. The zero-order valence-corrected chi connectivity index (χ0v) is 10.8. The molecule has 0 spiro atoms. The van der Waals surface area contributed by atoms with E-state index in [1.54, 1.807) is 6.07 Å². The standard InChI is InChI=1S/C16H18FN/c1-11-5-3-6-12(2)15(11)10-16(18)13-7-4-8-14(17)9-13/h3-9,16H,10,18H2,1-2H3. The quantitative estimate of drug-likeness (QED) is 0.874. The van der Waals surface area contributed by atoms with Gasteiger partial charge in [0.25, 0.3) is 0 Å². The molecule has 2 N–H and O–H groups in total. The van der Waals surface area contributed by atoms with Gasteiger partial charge < -0.3 is 5.73 Å². The summed E-state index contributed by atoms with van der Waals surface area (Å²) in [6, 6.07) is 12.6. The summed E-state index contributed by atoms with van der Waals surface area (Å²) in [6.07, 6.45) is 0.738. The molecule has 2 rings (SSSR count). The first-order valence-corrected chi connectivity index (χ1v) is 6.14. The fraction of sp³-hybridized carbons (Fsp3) is 0.250. The molecular formula is C16H18FN. The largest absolute Gasteiger partial charge is 0.324 e. The Hall–Kier alpha value is -1.67. The van der Waals surface area contributed by atoms with Crippen LogP contribution in [0.3, 0.4) is 0 Å². The second kappa shape index (κ2) is 5.32. The first kappa shape index (κ1) is 12.8. The molecule has 0 fully saturated rings. The molecule has 1 unspecified atom stereocenters. The number of benzene rings is 2. The zero-order chi connectivity index (χ0) is 13.1. The lowest BCUT2D eigenvalue weighted by molar-refractivity contribution is 0.618. The van der Waals surface area contributed by atoms with Crippen molar-refractivity contribution in [3.63, 3.8) is 0 Å². The van der Waals surface area contributed by atoms with Gasteiger partial charge in [-0.3, -0.25) is 0 Å². The van der Waals surface area contributed by atoms with Crippen LogP contribution in [0, 0.1) is 19.7 Å². The fourth-order valence-electron chi connectivity index (χ4n) is 2.25. The van der Waals surface area contributed by atoms with Gasteiger partial charge in [0.1, 0.15) is 5.82 Å². The van der Waals surface area contributed by atoms with Crippen molar-refractivity contribution >= 4 is 0 Å². The van der Waals surface area contributed by atoms with Crippen molar-refractivity contribution < 1.29 is 4.39 Å². The van der Waals surface area contributed by atoms with E-state index in [0.717, 1.165) is 12.0 Å². The summed E-state index contributed by atoms with van der Waals surface area (Å²) < 4.78 is 13.2. The van der Waals surface area contributed by atoms with Crippen molar-refractivity contribution in [3.8, 4) is 0 Å². The Bertz CT molecular complexity index is 528. The van der Waals surface area contributed by atoms with E-state index in [1.807, 2.05) is 12.1 Å². The molecule has 0 bridgehead atoms. The first-order valence-electron chi connectivity index (χ1n) is 6.14. The van der Waals surface area contributed by atoms with Crippen LogP contribution in [-0.4, -0.2) is 0 Å². The molecule has 2 heteroatoms. The van der Waals surface area contributed by atoms with Gasteiger partial charge in [-0.15, -0.1) is 0 Å². The average Bonchev–Trinajstić information content (AvgIpc) is 2.34. The lowest BCUT2D eigenvalue weighted by atomic mass is 9.93. The van der Waals surface area contributed by atoms with Crippen LogP contribution in [0.25, 0.3) is 0 Å². The van der Waals surface area contributed by atoms with Crippen LogP contribution in [-0.2, 0) is 6.42 Å². The smallest absolute Gasteiger partial charge is 0.123 e. The highest BCUT2D eigenvalue weighted by Crippen LogP contribution is 2.21. The normalized spacial score (nSPS) is 12.4. The minimum atomic E-state index is -0.232. The topological polar surface area (TPSA) is 26.0 Å². The van der Waals surface area contributed by atoms with Gasteiger partial charge >= 0.3 is 0 Å². The number of aryl methyl sites for hydroxylation is 2. The van der Waals surface area contributed by atoms with Gasteiger partial charge in [-0.2, -0.15) is 0 Å². The molecule has 0 radical (unpaired) electrons. The second-order valence-corrected chi connectivity index (χ2v) is 4.74. The monoisotopic (exact) mass is 243 g/mol. The average molecular weight is 243 g/mol. The minimum absolute atomic E-state index is 0.166. The number of halogens is 1. The number of rotatable bonds is 3. The maximum atomic E-state index is 13.2. The van der Waals surface area contributed by atoms with Gasteiger partial charge in [0.15, 0.2) is 0 Å². The molecule has 2 aromatic rings. The second-order valence-electron chi connectivity index (χ2n) is 4.74. The Morgan fingerprint density at radius 1 is 1.06 bits per heavy atom. The number of nitrogens with two attached hydrogens (primary N) is 1. The van der Waals surface area contributed by atoms with Crippen LogP contribution in [0.2, 0.25) is 0 Å². The summed E-state index contributed by atoms with van der Waals surface area (Å²) in [6.45, 7) is 4.17. The molecule has 0 heterocycles. The molecule has 0 saturated heterocycles. The van der Waals surface area contributed by atoms with Crippen LogP contribution in [0.15, 0.2) is 42.5 Å². The predicted molar refractivity (Wildman–Crippen MR) is 72.9 cm³/mol. The van der Waals surface area contributed by atoms with E-state index in [9.17, 15) is 4.39 Å². The molecule has 18 heavy (non-hydrogen) atoms. The van der Waals surface area contributed by atoms with Crippen LogP contribution < -0.4 is 5.73 Å². The summed E-state index contributed by atoms with van der Waals surface area (Å²) >= 11 is 0. The van der Waals surface area contributed by atoms with Gasteiger partial charge in [-0.05, 0) is 54.7 Å². The highest BCUT2D eigenvalue weighted by atomic mass is 19.1. The van der Waals surface area contributed by atoms with E-state index < -0.39 is 0 Å². The maximum absolute atomic E-state index is 13.2. The minimum Gasteiger partial charge on any atom is -0.324 e. The summed E-state index contributed by atoms with van der Waals surface area (Å²) in [4.78, 5) is 0. The molecule has 2 aromatic carbocycles. The van der Waals surface area contributed by atoms with Crippen LogP contribution in [0.5, 0.6) is 0 Å². The van der Waals surface area contributed by atoms with E-state index in [-0.39, 0.29) is 11.9 Å². The van der Waals surface area contributed by atoms with Crippen molar-refractivity contribution in [2.75, 3.05) is 0 Å². The van der Waals surface area contributed by atoms with E-state index >= 15 is 0 Å². The molecule has 1 nitrogen and oxygen atoms in total. The summed E-state index contributed by atoms with van der Waals surface area (Å²) in [5.74, 6) is -0.232. The Kier molecular flexibility index (Phi) is 3.78. The van der Waals surface area contributed by atoms with E-state index in [2.05, 4.69) is 26.0 Å². The van der Waals surface area contributed by atoms with Crippen LogP contribution >= 0.6 is 0 Å². The molecule has 0 aliphatic heterocycles. The third-order valence-corrected chi connectivity index (χ3v) is 3.35. The zero-order valence-electron chi connectivity index (χ0n) is 10.8. The maximum Gasteiger partial charge on any atom is 0.123 e. The Balaban J connectivity index is 2.24. The first-order chi connectivity index (χ1) is 8.58. The Morgan fingerprint density at radius 3 is 2.28 bits per heavy atom. The third-order valence-electron chi connectivity index (χ3n) is 3.35. The summed E-state index contributed by atoms with van der Waals surface area (Å²) in [5.41, 5.74) is 10.7. The van der Waals surface area contributed by atoms with Crippen molar-refractivity contribution in [1.82, 2.24) is 0 Å². The molecule has 1 atom stereocenters. The van der Waals surface area contributed by atoms with Crippen molar-refractivity contribution in [3.05, 3.63) is 70.5 Å². The summed E-state index contributed by atoms with van der Waals surface area (Å²) in [5, 5.41) is 0. The highest BCUT2D eigenvalue weighted by molar-refractivity contribution is 5.35. The fourth-order valence-corrected chi connectivity index (χ4v) is 2.25. The predicted octanol–water partition coefficient (Wildman–Crippen LogP) is 3.69. The lowest BCUT2D eigenvalue weighted by Gasteiger charge is -2.16. The van der Waals surface area contributed by atoms with Gasteiger partial charge in [0, 0.05) is 6.04 Å². The highest BCUT2D eigenvalue weighted by Gasteiger charge is 2.11. The van der Waals surface area contributed by atoms with E-state index in [4.69, 9.17) is 5.73 Å². The molecule has 0 saturated carbocycles. The van der Waals surface area contributed by atoms with Gasteiger partial charge in [0.05, 0.1) is 0 Å². The SMILES string of the molecule is Cc1cccc(C)c1CC(N)c1cccc(F)c1. The van der Waals surface area contributed by atoms with Crippen LogP contribution in [0.1, 0.15) is 28.3 Å². The molecule has 0 amide bonds. The molecular weight excluding hydrogens is 225 g/mol. The lowest BCUT2D eigenvalue weighted by Crippen LogP contribution is -2.15. The van der Waals surface area contributed by atoms with E-state index in [0.29, 0.717) is 0 Å². The van der Waals surface area contributed by atoms with Crippen molar-refractivity contribution in [2.45, 2.75) is 26.3 Å².